The van der Waals surface area contributed by atoms with E-state index < -0.39 is 5.25 Å². The number of carbonyl (C=O) groups excluding carboxylic acids is 2. The van der Waals surface area contributed by atoms with Crippen molar-refractivity contribution < 1.29 is 14.3 Å². The number of rotatable bonds is 7. The van der Waals surface area contributed by atoms with Gasteiger partial charge in [-0.2, -0.15) is 0 Å². The summed E-state index contributed by atoms with van der Waals surface area (Å²) in [5.41, 5.74) is 2.17. The van der Waals surface area contributed by atoms with Crippen molar-refractivity contribution in [1.82, 2.24) is 4.90 Å². The van der Waals surface area contributed by atoms with Crippen molar-refractivity contribution in [3.05, 3.63) is 88.4 Å². The molecular weight excluding hydrogens is 505 g/mol. The Balaban J connectivity index is 1.55. The second-order valence-electron chi connectivity index (χ2n) is 7.80. The predicted molar refractivity (Wildman–Crippen MR) is 143 cm³/mol. The predicted octanol–water partition coefficient (Wildman–Crippen LogP) is 6.21. The minimum Gasteiger partial charge on any atom is -0.497 e. The molecule has 1 aliphatic rings. The van der Waals surface area contributed by atoms with E-state index in [9.17, 15) is 9.59 Å². The van der Waals surface area contributed by atoms with Crippen LogP contribution in [-0.4, -0.2) is 40.8 Å². The highest BCUT2D eigenvalue weighted by atomic mass is 35.5. The molecule has 1 atom stereocenters. The van der Waals surface area contributed by atoms with E-state index in [-0.39, 0.29) is 18.2 Å². The summed E-state index contributed by atoms with van der Waals surface area (Å²) >= 11 is 13.6. The van der Waals surface area contributed by atoms with Gasteiger partial charge in [0.15, 0.2) is 5.17 Å². The molecule has 0 aliphatic carbocycles. The van der Waals surface area contributed by atoms with Gasteiger partial charge in [-0.25, -0.2) is 4.99 Å². The minimum absolute atomic E-state index is 0.0537. The van der Waals surface area contributed by atoms with Crippen molar-refractivity contribution in [3.63, 3.8) is 0 Å². The number of hydrogen-bond donors (Lipinski definition) is 1. The van der Waals surface area contributed by atoms with Crippen LogP contribution in [0, 0.1) is 0 Å². The number of benzene rings is 3. The number of amides is 2. The van der Waals surface area contributed by atoms with E-state index in [2.05, 4.69) is 10.3 Å². The number of halogens is 2. The van der Waals surface area contributed by atoms with Crippen molar-refractivity contribution in [2.45, 2.75) is 18.1 Å². The molecule has 1 aliphatic heterocycles. The average molecular weight is 528 g/mol. The van der Waals surface area contributed by atoms with Gasteiger partial charge in [-0.15, -0.1) is 0 Å². The number of para-hydroxylation sites is 1. The van der Waals surface area contributed by atoms with Crippen LogP contribution in [0.1, 0.15) is 12.0 Å². The molecule has 1 saturated heterocycles. The second kappa shape index (κ2) is 11.6. The van der Waals surface area contributed by atoms with Crippen molar-refractivity contribution in [1.29, 1.82) is 0 Å². The monoisotopic (exact) mass is 527 g/mol. The first-order chi connectivity index (χ1) is 16.9. The first-order valence-corrected chi connectivity index (χ1v) is 12.6. The summed E-state index contributed by atoms with van der Waals surface area (Å²) in [5.74, 6) is 0.302. The number of amidine groups is 1. The Kier molecular flexibility index (Phi) is 8.33. The summed E-state index contributed by atoms with van der Waals surface area (Å²) in [4.78, 5) is 32.5. The maximum Gasteiger partial charge on any atom is 0.238 e. The molecule has 1 unspecified atom stereocenters. The fourth-order valence-corrected chi connectivity index (χ4v) is 5.02. The summed E-state index contributed by atoms with van der Waals surface area (Å²) in [6, 6.07) is 21.8. The molecule has 0 saturated carbocycles. The van der Waals surface area contributed by atoms with Crippen molar-refractivity contribution in [3.8, 4) is 5.75 Å². The number of nitrogens with one attached hydrogen (secondary N) is 1. The van der Waals surface area contributed by atoms with Crippen molar-refractivity contribution in [2.24, 2.45) is 4.99 Å². The van der Waals surface area contributed by atoms with Crippen molar-refractivity contribution in [2.75, 3.05) is 19.0 Å². The van der Waals surface area contributed by atoms with Gasteiger partial charge in [-0.3, -0.25) is 14.5 Å². The van der Waals surface area contributed by atoms with Crippen LogP contribution in [0.4, 0.5) is 11.4 Å². The van der Waals surface area contributed by atoms with Crippen LogP contribution in [0.3, 0.4) is 0 Å². The molecule has 9 heteroatoms. The van der Waals surface area contributed by atoms with Gasteiger partial charge >= 0.3 is 0 Å². The molecule has 1 heterocycles. The van der Waals surface area contributed by atoms with Gasteiger partial charge in [0.2, 0.25) is 11.8 Å². The third-order valence-electron chi connectivity index (χ3n) is 5.38. The summed E-state index contributed by atoms with van der Waals surface area (Å²) in [6.07, 6.45) is 0.680. The van der Waals surface area contributed by atoms with Gasteiger partial charge in [-0.1, -0.05) is 65.3 Å². The minimum atomic E-state index is -0.644. The summed E-state index contributed by atoms with van der Waals surface area (Å²) in [7, 11) is 1.62. The number of hydrogen-bond acceptors (Lipinski definition) is 5. The number of thioether (sulfide) groups is 1. The molecule has 0 spiro atoms. The van der Waals surface area contributed by atoms with Gasteiger partial charge in [0.05, 0.1) is 23.5 Å². The average Bonchev–Trinajstić information content (AvgIpc) is 2.85. The van der Waals surface area contributed by atoms with Crippen LogP contribution in [0.15, 0.2) is 77.8 Å². The highest BCUT2D eigenvalue weighted by molar-refractivity contribution is 8.15. The molecule has 3 aromatic carbocycles. The summed E-state index contributed by atoms with van der Waals surface area (Å²) < 4.78 is 5.21. The first kappa shape index (κ1) is 25.1. The van der Waals surface area contributed by atoms with Gasteiger partial charge in [-0.05, 0) is 54.4 Å². The summed E-state index contributed by atoms with van der Waals surface area (Å²) in [6.45, 7) is 0.427. The van der Waals surface area contributed by atoms with E-state index in [4.69, 9.17) is 27.9 Å². The van der Waals surface area contributed by atoms with E-state index >= 15 is 0 Å². The number of ether oxygens (including phenoxy) is 1. The van der Waals surface area contributed by atoms with E-state index in [0.717, 1.165) is 11.3 Å². The molecule has 2 amide bonds. The lowest BCUT2D eigenvalue weighted by Crippen LogP contribution is -2.46. The number of aliphatic imine (C=N–C) groups is 1. The molecule has 0 radical (unpaired) electrons. The highest BCUT2D eigenvalue weighted by Gasteiger charge is 2.36. The third kappa shape index (κ3) is 6.57. The molecular formula is C26H23Cl2N3O3S. The van der Waals surface area contributed by atoms with Gasteiger partial charge in [0.1, 0.15) is 11.0 Å². The lowest BCUT2D eigenvalue weighted by atomic mass is 10.1. The fraction of sp³-hybridized carbons (Fsp3) is 0.192. The zero-order valence-electron chi connectivity index (χ0n) is 18.9. The standard InChI is InChI=1S/C26H23Cl2N3O3S/c1-34-20-11-9-17(10-12-20)13-14-31-24(32)16-23(25(33)30-22-8-3-2-7-21(22)28)35-26(31)29-19-6-4-5-18(27)15-19/h2-12,15,23H,13-14,16H2,1H3,(H,30,33). The zero-order chi connectivity index (χ0) is 24.8. The molecule has 1 N–H and O–H groups in total. The van der Waals surface area contributed by atoms with Crippen molar-refractivity contribution >= 4 is 63.3 Å². The Morgan fingerprint density at radius 1 is 1.11 bits per heavy atom. The summed E-state index contributed by atoms with van der Waals surface area (Å²) in [5, 5.41) is 3.61. The lowest BCUT2D eigenvalue weighted by Gasteiger charge is -2.32. The van der Waals surface area contributed by atoms with E-state index in [0.29, 0.717) is 39.6 Å². The van der Waals surface area contributed by atoms with Gasteiger partial charge in [0, 0.05) is 18.0 Å². The highest BCUT2D eigenvalue weighted by Crippen LogP contribution is 2.31. The van der Waals surface area contributed by atoms with Crippen LogP contribution in [0.5, 0.6) is 5.75 Å². The maximum absolute atomic E-state index is 13.2. The first-order valence-electron chi connectivity index (χ1n) is 10.9. The van der Waals surface area contributed by atoms with Crippen LogP contribution in [-0.2, 0) is 16.0 Å². The Bertz CT molecular complexity index is 1250. The van der Waals surface area contributed by atoms with E-state index in [1.165, 1.54) is 11.8 Å². The Morgan fingerprint density at radius 2 is 1.89 bits per heavy atom. The smallest absolute Gasteiger partial charge is 0.238 e. The number of methoxy groups -OCH3 is 1. The molecule has 0 aromatic heterocycles. The topological polar surface area (TPSA) is 71.0 Å². The van der Waals surface area contributed by atoms with Crippen LogP contribution in [0.25, 0.3) is 0 Å². The SMILES string of the molecule is COc1ccc(CCN2C(=O)CC(C(=O)Nc3ccccc3Cl)SC2=Nc2cccc(Cl)c2)cc1. The Hall–Kier alpha value is -3.00. The van der Waals surface area contributed by atoms with E-state index in [1.807, 2.05) is 24.3 Å². The molecule has 35 heavy (non-hydrogen) atoms. The maximum atomic E-state index is 13.2. The largest absolute Gasteiger partial charge is 0.497 e. The van der Waals surface area contributed by atoms with Gasteiger partial charge in [0.25, 0.3) is 0 Å². The van der Waals surface area contributed by atoms with E-state index in [1.54, 1.807) is 60.5 Å². The number of nitrogens with zero attached hydrogens (tertiary/aromatic N) is 2. The third-order valence-corrected chi connectivity index (χ3v) is 7.13. The Labute approximate surface area is 218 Å². The normalized spacial score (nSPS) is 16.9. The quantitative estimate of drug-likeness (QED) is 0.396. The zero-order valence-corrected chi connectivity index (χ0v) is 21.2. The number of carbonyl (C=O) groups is 2. The fourth-order valence-electron chi connectivity index (χ4n) is 3.53. The number of anilines is 1. The molecule has 6 nitrogen and oxygen atoms in total. The lowest BCUT2D eigenvalue weighted by molar-refractivity contribution is -0.129. The van der Waals surface area contributed by atoms with Crippen LogP contribution >= 0.6 is 35.0 Å². The molecule has 0 bridgehead atoms. The molecule has 180 valence electrons. The van der Waals surface area contributed by atoms with Gasteiger partial charge < -0.3 is 10.1 Å². The molecule has 1 fully saturated rings. The Morgan fingerprint density at radius 3 is 2.60 bits per heavy atom. The molecule has 4 rings (SSSR count). The van der Waals surface area contributed by atoms with Crippen LogP contribution in [0.2, 0.25) is 10.0 Å². The second-order valence-corrected chi connectivity index (χ2v) is 9.81. The molecule has 3 aromatic rings. The van der Waals surface area contributed by atoms with Crippen LogP contribution < -0.4 is 10.1 Å².